The highest BCUT2D eigenvalue weighted by molar-refractivity contribution is 5.79. The number of hydrogen-bond acceptors (Lipinski definition) is 16. The van der Waals surface area contributed by atoms with Gasteiger partial charge in [-0.1, -0.05) is 213 Å². The summed E-state index contributed by atoms with van der Waals surface area (Å²) in [5.74, 6) is 0.473. The van der Waals surface area contributed by atoms with Gasteiger partial charge in [0, 0.05) is 74.6 Å². The number of hydrogen-bond donors (Lipinski definition) is 0. The Morgan fingerprint density at radius 1 is 0.306 bits per heavy atom. The Bertz CT molecular complexity index is 4760. The van der Waals surface area contributed by atoms with Crippen LogP contribution in [0.1, 0.15) is 187 Å². The van der Waals surface area contributed by atoms with Crippen LogP contribution in [0.5, 0.6) is 0 Å². The minimum absolute atomic E-state index is 0.0873. The van der Waals surface area contributed by atoms with E-state index in [0.29, 0.717) is 0 Å². The zero-order valence-electron chi connectivity index (χ0n) is 72.7. The summed E-state index contributed by atoms with van der Waals surface area (Å²) in [6.07, 6.45) is 59.3. The Balaban J connectivity index is 0.678. The van der Waals surface area contributed by atoms with Crippen LogP contribution in [0.3, 0.4) is 0 Å². The smallest absolute Gasteiger partial charge is 0.147 e. The van der Waals surface area contributed by atoms with E-state index in [4.69, 9.17) is 82.4 Å². The summed E-state index contributed by atoms with van der Waals surface area (Å²) >= 11 is 0. The van der Waals surface area contributed by atoms with Crippen LogP contribution in [0.2, 0.25) is 0 Å². The molecule has 4 saturated carbocycles. The summed E-state index contributed by atoms with van der Waals surface area (Å²) in [4.78, 5) is 0. The minimum atomic E-state index is -0.589. The highest BCUT2D eigenvalue weighted by Gasteiger charge is 2.54. The standard InChI is InChI=1S/C105H126O16/c1-75-64-85-32-47-97(75)105(121-74-113-9)62-60-104(61-63-105,120-73-112-8)96-45-30-84(31-46-96)87-15-17-88-65-86(14-16-89(88)66-87)83-28-43-95(44-29-83)103(119-72-111-7)58-54-101(55-59-103,117-70-109-5)93-39-24-81(25-40-93)80-22-37-92(38-23-80)100(116-69-108-4)50-48-98(49-51-100,114-67-106-2)90-33-18-78(19-34-90)76-10-12-77(13-11-76)79-20-35-91(36-21-79)99(115-68-107-3)52-56-102(57-53-99,118-71-110-6)94-41-26-82(85)27-42-94/h10-20,22,24,26-28,30-35,37,39-43,45-47,64-65,81,89,97H,1,21,23,25,29,36,38,44,48-63,66-74H2,2-9H3. The van der Waals surface area contributed by atoms with Crippen LogP contribution in [-0.2, 0) is 92.6 Å². The molecule has 40 aliphatic rings. The molecule has 0 saturated heterocycles. The lowest BCUT2D eigenvalue weighted by molar-refractivity contribution is -0.207. The maximum atomic E-state index is 6.89. The average molecular weight is 1640 g/mol. The first-order valence-electron chi connectivity index (χ1n) is 44.1. The molecule has 642 valence electrons. The molecule has 0 heterocycles. The summed E-state index contributed by atoms with van der Waals surface area (Å²) in [7, 11) is 13.7. The Morgan fingerprint density at radius 2 is 0.678 bits per heavy atom. The van der Waals surface area contributed by atoms with Crippen molar-refractivity contribution >= 4 is 16.7 Å². The third-order valence-electron chi connectivity index (χ3n) is 29.3. The largest absolute Gasteiger partial charge is 0.359 e. The molecule has 0 amide bonds. The number of rotatable bonds is 24. The Hall–Kier alpha value is -7.66. The van der Waals surface area contributed by atoms with Crippen molar-refractivity contribution in [2.75, 3.05) is 111 Å². The molecule has 0 spiro atoms. The fourth-order valence-electron chi connectivity index (χ4n) is 22.1. The highest BCUT2D eigenvalue weighted by atomic mass is 16.7. The van der Waals surface area contributed by atoms with Gasteiger partial charge in [-0.2, -0.15) is 0 Å². The lowest BCUT2D eigenvalue weighted by Gasteiger charge is -2.49. The van der Waals surface area contributed by atoms with Gasteiger partial charge in [-0.3, -0.25) is 0 Å². The third-order valence-corrected chi connectivity index (χ3v) is 29.3. The van der Waals surface area contributed by atoms with Gasteiger partial charge >= 0.3 is 0 Å². The normalized spacial score (nSPS) is 30.8. The Morgan fingerprint density at radius 3 is 1.12 bits per heavy atom. The molecule has 0 N–H and O–H groups in total. The zero-order chi connectivity index (χ0) is 83.6. The predicted molar refractivity (Wildman–Crippen MR) is 474 cm³/mol. The first kappa shape index (κ1) is 86.8. The van der Waals surface area contributed by atoms with Crippen molar-refractivity contribution < 1.29 is 75.8 Å². The van der Waals surface area contributed by atoms with E-state index in [-0.39, 0.29) is 72.1 Å². The summed E-state index contributed by atoms with van der Waals surface area (Å²) in [6.45, 7) is 6.31. The SMILES string of the molecule is C=C1C=C2C=CC1C1(OCOC)CCC(OCOC)(CC1)c1ccc(cc1)C1=CC=C3C=C(C=CC3C1)C1=CC=C(CC1)C1(OCOC)CCC(OCOC)(CC1)C1=CCC(C=C1)C1=CC=C(CC1)C1(OCOC)CCC(OCOC)(CC1)c1ccc(cc1)-c1ccc(cc1)C1=CC=C(CC1)C1(OCOC)CCC(OCOC)(CC1)c1ccc2cc1. The lowest BCUT2D eigenvalue weighted by Crippen LogP contribution is -2.49. The van der Waals surface area contributed by atoms with E-state index >= 15 is 0 Å². The van der Waals surface area contributed by atoms with E-state index in [9.17, 15) is 0 Å². The first-order chi connectivity index (χ1) is 59.2. The van der Waals surface area contributed by atoms with Crippen molar-refractivity contribution in [2.24, 2.45) is 17.8 Å². The molecule has 4 aromatic carbocycles. The van der Waals surface area contributed by atoms with E-state index in [2.05, 4.69) is 200 Å². The molecular formula is C105H126O16. The second-order valence-electron chi connectivity index (χ2n) is 35.4. The quantitative estimate of drug-likeness (QED) is 0.0612. The van der Waals surface area contributed by atoms with Crippen LogP contribution in [0.15, 0.2) is 257 Å². The molecule has 30 bridgehead atoms. The number of allylic oxidation sites excluding steroid dienone is 22. The lowest BCUT2D eigenvalue weighted by atomic mass is 9.65. The van der Waals surface area contributed by atoms with Crippen molar-refractivity contribution in [3.8, 4) is 11.1 Å². The van der Waals surface area contributed by atoms with E-state index in [1.165, 1.54) is 66.9 Å². The van der Waals surface area contributed by atoms with E-state index in [0.717, 1.165) is 199 Å². The fraction of sp³-hybridized carbons (Fsp3) is 0.486. The molecule has 121 heavy (non-hydrogen) atoms. The monoisotopic (exact) mass is 1640 g/mol. The molecular weight excluding hydrogens is 1520 g/mol. The van der Waals surface area contributed by atoms with Gasteiger partial charge in [-0.15, -0.1) is 0 Å². The van der Waals surface area contributed by atoms with Gasteiger partial charge in [0.1, 0.15) is 54.3 Å². The van der Waals surface area contributed by atoms with Crippen LogP contribution >= 0.6 is 0 Å². The summed E-state index contributed by atoms with van der Waals surface area (Å²) in [5, 5.41) is 0. The summed E-state index contributed by atoms with van der Waals surface area (Å²) in [5.41, 5.74) is 20.2. The molecule has 0 aromatic heterocycles. The van der Waals surface area contributed by atoms with Gasteiger partial charge in [-0.25, -0.2) is 0 Å². The van der Waals surface area contributed by atoms with Gasteiger partial charge in [0.2, 0.25) is 0 Å². The van der Waals surface area contributed by atoms with Crippen LogP contribution in [0, 0.1) is 17.8 Å². The van der Waals surface area contributed by atoms with Crippen molar-refractivity contribution in [3.05, 3.63) is 290 Å². The van der Waals surface area contributed by atoms with Gasteiger partial charge < -0.3 is 75.8 Å². The second kappa shape index (κ2) is 38.4. The fourth-order valence-corrected chi connectivity index (χ4v) is 22.1. The van der Waals surface area contributed by atoms with Gasteiger partial charge in [0.15, 0.2) is 0 Å². The molecule has 4 fully saturated rings. The van der Waals surface area contributed by atoms with Crippen LogP contribution in [0.4, 0.5) is 0 Å². The molecule has 40 aliphatic carbocycles. The van der Waals surface area contributed by atoms with Gasteiger partial charge in [0.25, 0.3) is 0 Å². The molecule has 16 nitrogen and oxygen atoms in total. The maximum absolute atomic E-state index is 6.89. The Kier molecular flexibility index (Phi) is 27.6. The van der Waals surface area contributed by atoms with Crippen molar-refractivity contribution in [2.45, 2.75) is 199 Å². The summed E-state index contributed by atoms with van der Waals surface area (Å²) in [6, 6.07) is 36.1. The van der Waals surface area contributed by atoms with Gasteiger partial charge in [0.05, 0.1) is 44.8 Å². The molecule has 4 aromatic rings. The minimum Gasteiger partial charge on any atom is -0.359 e. The topological polar surface area (TPSA) is 148 Å². The van der Waals surface area contributed by atoms with E-state index < -0.39 is 44.8 Å². The predicted octanol–water partition coefficient (Wildman–Crippen LogP) is 22.2. The summed E-state index contributed by atoms with van der Waals surface area (Å²) < 4.78 is 100. The second-order valence-corrected chi connectivity index (χ2v) is 35.4. The molecule has 44 rings (SSSR count). The molecule has 16 heteroatoms. The number of benzene rings is 4. The third kappa shape index (κ3) is 18.0. The van der Waals surface area contributed by atoms with Crippen molar-refractivity contribution in [1.82, 2.24) is 0 Å². The van der Waals surface area contributed by atoms with Crippen LogP contribution in [0.25, 0.3) is 27.8 Å². The maximum Gasteiger partial charge on any atom is 0.147 e. The number of fused-ring (bicyclic) bond motifs is 1. The average Bonchev–Trinajstić information content (AvgIpc) is 0.783. The van der Waals surface area contributed by atoms with Crippen molar-refractivity contribution in [3.63, 3.8) is 0 Å². The molecule has 0 radical (unpaired) electrons. The highest BCUT2D eigenvalue weighted by Crippen LogP contribution is 2.57. The van der Waals surface area contributed by atoms with Gasteiger partial charge in [-0.05, 0) is 260 Å². The first-order valence-corrected chi connectivity index (χ1v) is 44.1. The number of ether oxygens (including phenoxy) is 16. The Labute approximate surface area is 718 Å². The van der Waals surface area contributed by atoms with Crippen LogP contribution in [-0.4, -0.2) is 139 Å². The molecule has 3 unspecified atom stereocenters. The van der Waals surface area contributed by atoms with Crippen LogP contribution < -0.4 is 0 Å². The molecule has 3 atom stereocenters. The number of methoxy groups -OCH3 is 8. The van der Waals surface area contributed by atoms with E-state index in [1.807, 2.05) is 0 Å². The van der Waals surface area contributed by atoms with E-state index in [1.54, 1.807) is 56.9 Å². The molecule has 0 aliphatic heterocycles. The van der Waals surface area contributed by atoms with Crippen molar-refractivity contribution in [1.29, 1.82) is 0 Å². The zero-order valence-corrected chi connectivity index (χ0v) is 72.7.